The van der Waals surface area contributed by atoms with Gasteiger partial charge >= 0.3 is 0 Å². The largest absolute Gasteiger partial charge is 0.0625 e. The maximum atomic E-state index is 2.66. The summed E-state index contributed by atoms with van der Waals surface area (Å²) < 4.78 is 0. The van der Waals surface area contributed by atoms with Gasteiger partial charge in [-0.05, 0) is 78.9 Å². The lowest BCUT2D eigenvalue weighted by Crippen LogP contribution is -2.46. The minimum atomic E-state index is 0.673. The van der Waals surface area contributed by atoms with Gasteiger partial charge in [-0.3, -0.25) is 0 Å². The molecular weight excluding hydrogens is 240 g/mol. The number of rotatable bonds is 1. The predicted octanol–water partition coefficient (Wildman–Crippen LogP) is 6.30. The van der Waals surface area contributed by atoms with Gasteiger partial charge in [0.15, 0.2) is 0 Å². The lowest BCUT2D eigenvalue weighted by atomic mass is 9.51. The Balaban J connectivity index is 1.93. The topological polar surface area (TPSA) is 0 Å². The predicted molar refractivity (Wildman–Crippen MR) is 87.6 cm³/mol. The summed E-state index contributed by atoms with van der Waals surface area (Å²) >= 11 is 0. The number of hydrogen-bond acceptors (Lipinski definition) is 0. The van der Waals surface area contributed by atoms with Gasteiger partial charge in [0, 0.05) is 0 Å². The zero-order valence-corrected chi connectivity index (χ0v) is 14.5. The zero-order chi connectivity index (χ0) is 14.5. The van der Waals surface area contributed by atoms with Crippen LogP contribution in [-0.4, -0.2) is 0 Å². The first kappa shape index (κ1) is 14.9. The fourth-order valence-electron chi connectivity index (χ4n) is 6.40. The molecule has 3 rings (SSSR count). The summed E-state index contributed by atoms with van der Waals surface area (Å²) in [4.78, 5) is 0. The second-order valence-corrected chi connectivity index (χ2v) is 9.61. The van der Waals surface area contributed by atoms with Crippen molar-refractivity contribution in [3.05, 3.63) is 0 Å². The van der Waals surface area contributed by atoms with E-state index in [1.54, 1.807) is 0 Å². The molecular formula is C20H36. The van der Waals surface area contributed by atoms with Gasteiger partial charge in [-0.2, -0.15) is 0 Å². The summed E-state index contributed by atoms with van der Waals surface area (Å²) in [5.41, 5.74) is 1.36. The molecule has 20 heavy (non-hydrogen) atoms. The zero-order valence-electron chi connectivity index (χ0n) is 14.5. The molecule has 0 bridgehead atoms. The Bertz CT molecular complexity index is 357. The first-order chi connectivity index (χ1) is 9.36. The first-order valence-electron chi connectivity index (χ1n) is 9.36. The average Bonchev–Trinajstić information content (AvgIpc) is 2.66. The van der Waals surface area contributed by atoms with Gasteiger partial charge in [-0.15, -0.1) is 0 Å². The molecule has 116 valence electrons. The maximum Gasteiger partial charge on any atom is -0.0292 e. The summed E-state index contributed by atoms with van der Waals surface area (Å²) in [6.45, 7) is 12.8. The van der Waals surface area contributed by atoms with E-state index < -0.39 is 0 Å². The highest BCUT2D eigenvalue weighted by atomic mass is 14.6. The van der Waals surface area contributed by atoms with Crippen molar-refractivity contribution in [2.75, 3.05) is 0 Å². The van der Waals surface area contributed by atoms with E-state index in [0.29, 0.717) is 10.8 Å². The molecule has 0 nitrogen and oxygen atoms in total. The van der Waals surface area contributed by atoms with Crippen molar-refractivity contribution in [1.29, 1.82) is 0 Å². The van der Waals surface area contributed by atoms with Crippen LogP contribution in [0.15, 0.2) is 0 Å². The Kier molecular flexibility index (Phi) is 3.75. The van der Waals surface area contributed by atoms with Crippen molar-refractivity contribution in [3.8, 4) is 0 Å². The van der Waals surface area contributed by atoms with Crippen LogP contribution < -0.4 is 0 Å². The summed E-state index contributed by atoms with van der Waals surface area (Å²) in [7, 11) is 0. The number of fused-ring (bicyclic) bond motifs is 3. The maximum absolute atomic E-state index is 2.66. The SMILES string of the molecule is CC1CCC2C3C(C(C)C)CCC3(C)CCC2(C)CC1. The highest BCUT2D eigenvalue weighted by Crippen LogP contribution is 2.65. The Morgan fingerprint density at radius 3 is 2.15 bits per heavy atom. The second kappa shape index (κ2) is 5.03. The van der Waals surface area contributed by atoms with E-state index in [1.807, 2.05) is 0 Å². The molecule has 0 radical (unpaired) electrons. The van der Waals surface area contributed by atoms with Gasteiger partial charge in [0.25, 0.3) is 0 Å². The molecule has 3 saturated carbocycles. The molecule has 6 atom stereocenters. The van der Waals surface area contributed by atoms with Gasteiger partial charge in [0.2, 0.25) is 0 Å². The fraction of sp³-hybridized carbons (Fsp3) is 1.00. The van der Waals surface area contributed by atoms with Crippen molar-refractivity contribution in [2.24, 2.45) is 40.4 Å². The highest BCUT2D eigenvalue weighted by molar-refractivity contribution is 5.06. The van der Waals surface area contributed by atoms with Crippen LogP contribution in [0, 0.1) is 40.4 Å². The molecule has 0 aromatic carbocycles. The third-order valence-corrected chi connectivity index (χ3v) is 7.95. The van der Waals surface area contributed by atoms with Gasteiger partial charge < -0.3 is 0 Å². The first-order valence-corrected chi connectivity index (χ1v) is 9.36. The van der Waals surface area contributed by atoms with Crippen molar-refractivity contribution in [1.82, 2.24) is 0 Å². The molecule has 0 N–H and O–H groups in total. The van der Waals surface area contributed by atoms with Crippen molar-refractivity contribution >= 4 is 0 Å². The Hall–Kier alpha value is 0. The Morgan fingerprint density at radius 1 is 0.800 bits per heavy atom. The van der Waals surface area contributed by atoms with Crippen LogP contribution in [0.4, 0.5) is 0 Å². The van der Waals surface area contributed by atoms with Crippen molar-refractivity contribution in [2.45, 2.75) is 86.0 Å². The minimum absolute atomic E-state index is 0.673. The third kappa shape index (κ3) is 2.26. The van der Waals surface area contributed by atoms with Crippen molar-refractivity contribution in [3.63, 3.8) is 0 Å². The molecule has 3 aliphatic rings. The molecule has 6 unspecified atom stereocenters. The molecule has 3 aliphatic carbocycles. The minimum Gasteiger partial charge on any atom is -0.0625 e. The van der Waals surface area contributed by atoms with Crippen LogP contribution in [-0.2, 0) is 0 Å². The molecule has 0 amide bonds. The molecule has 0 aromatic rings. The summed E-state index contributed by atoms with van der Waals surface area (Å²) in [5.74, 6) is 4.94. The third-order valence-electron chi connectivity index (χ3n) is 7.95. The lowest BCUT2D eigenvalue weighted by molar-refractivity contribution is -0.0489. The Labute approximate surface area is 127 Å². The lowest BCUT2D eigenvalue weighted by Gasteiger charge is -2.54. The van der Waals surface area contributed by atoms with E-state index in [2.05, 4.69) is 34.6 Å². The van der Waals surface area contributed by atoms with Crippen LogP contribution in [0.5, 0.6) is 0 Å². The van der Waals surface area contributed by atoms with E-state index in [-0.39, 0.29) is 0 Å². The quantitative estimate of drug-likeness (QED) is 0.527. The van der Waals surface area contributed by atoms with Gasteiger partial charge in [-0.1, -0.05) is 47.5 Å². The molecule has 0 heterocycles. The molecule has 3 fully saturated rings. The van der Waals surface area contributed by atoms with Crippen LogP contribution >= 0.6 is 0 Å². The van der Waals surface area contributed by atoms with Crippen LogP contribution in [0.3, 0.4) is 0 Å². The van der Waals surface area contributed by atoms with E-state index in [1.165, 1.54) is 51.4 Å². The summed E-state index contributed by atoms with van der Waals surface area (Å²) in [6, 6.07) is 0. The molecule has 0 saturated heterocycles. The van der Waals surface area contributed by atoms with Gasteiger partial charge in [-0.25, -0.2) is 0 Å². The number of hydrogen-bond donors (Lipinski definition) is 0. The molecule has 0 aromatic heterocycles. The van der Waals surface area contributed by atoms with Gasteiger partial charge in [0.1, 0.15) is 0 Å². The molecule has 0 aliphatic heterocycles. The van der Waals surface area contributed by atoms with Crippen LogP contribution in [0.25, 0.3) is 0 Å². The van der Waals surface area contributed by atoms with E-state index in [9.17, 15) is 0 Å². The van der Waals surface area contributed by atoms with Crippen LogP contribution in [0.2, 0.25) is 0 Å². The monoisotopic (exact) mass is 276 g/mol. The second-order valence-electron chi connectivity index (χ2n) is 9.61. The summed E-state index contributed by atoms with van der Waals surface area (Å²) in [6.07, 6.45) is 12.1. The van der Waals surface area contributed by atoms with E-state index >= 15 is 0 Å². The van der Waals surface area contributed by atoms with Crippen LogP contribution in [0.1, 0.15) is 86.0 Å². The molecule has 0 spiro atoms. The molecule has 0 heteroatoms. The standard InChI is InChI=1S/C20H36/c1-14(2)16-9-11-20(5)13-12-19(4)10-8-15(3)6-7-17(19)18(16)20/h14-18H,6-13H2,1-5H3. The smallest absolute Gasteiger partial charge is 0.0292 e. The fourth-order valence-corrected chi connectivity index (χ4v) is 6.40. The Morgan fingerprint density at radius 2 is 1.45 bits per heavy atom. The van der Waals surface area contributed by atoms with E-state index in [0.717, 1.165) is 29.6 Å². The highest BCUT2D eigenvalue weighted by Gasteiger charge is 2.57. The average molecular weight is 277 g/mol. The summed E-state index contributed by atoms with van der Waals surface area (Å²) in [5, 5.41) is 0. The van der Waals surface area contributed by atoms with Gasteiger partial charge in [0.05, 0.1) is 0 Å². The van der Waals surface area contributed by atoms with E-state index in [4.69, 9.17) is 0 Å². The van der Waals surface area contributed by atoms with Crippen molar-refractivity contribution < 1.29 is 0 Å². The normalized spacial score (nSPS) is 52.5.